The number of fused-ring (bicyclic) bond motifs is 1. The number of anilines is 1. The van der Waals surface area contributed by atoms with E-state index < -0.39 is 11.9 Å². The molecule has 0 fully saturated rings. The minimum atomic E-state index is -0.833. The monoisotopic (exact) mass is 512 g/mol. The van der Waals surface area contributed by atoms with Crippen molar-refractivity contribution in [2.75, 3.05) is 31.1 Å². The Labute approximate surface area is 215 Å². The Morgan fingerprint density at radius 3 is 2.32 bits per heavy atom. The van der Waals surface area contributed by atoms with Crippen LogP contribution in [0.4, 0.5) is 5.69 Å². The molecule has 4 N–H and O–H groups in total. The van der Waals surface area contributed by atoms with Gasteiger partial charge in [-0.3, -0.25) is 24.6 Å². The first-order valence-corrected chi connectivity index (χ1v) is 11.7. The molecule has 0 aliphatic carbocycles. The Kier molecular flexibility index (Phi) is 10.6. The lowest BCUT2D eigenvalue weighted by Gasteiger charge is -2.21. The molecule has 0 bridgehead atoms. The average Bonchev–Trinajstić information content (AvgIpc) is 2.95. The Bertz CT molecular complexity index is 1140. The van der Waals surface area contributed by atoms with Crippen LogP contribution in [0.3, 0.4) is 0 Å². The maximum Gasteiger partial charge on any atom is 0.307 e. The Morgan fingerprint density at radius 1 is 1.11 bits per heavy atom. The van der Waals surface area contributed by atoms with Crippen LogP contribution in [0.1, 0.15) is 48.7 Å². The molecule has 2 aromatic rings. The molecule has 11 heteroatoms. The zero-order valence-electron chi connectivity index (χ0n) is 21.2. The topological polar surface area (TPSA) is 163 Å². The zero-order valence-corrected chi connectivity index (χ0v) is 21.2. The SMILES string of the molecule is CC(=O)O.CCOC(=O)CCN1CC(=O)N(CC)c2ccc(OCc3ccc(C(=N)N)cc3)cc2C1=O. The molecule has 37 heavy (non-hydrogen) atoms. The van der Waals surface area contributed by atoms with Gasteiger partial charge in [-0.1, -0.05) is 24.3 Å². The molecule has 1 aliphatic rings. The highest BCUT2D eigenvalue weighted by molar-refractivity contribution is 6.10. The van der Waals surface area contributed by atoms with Gasteiger partial charge in [0.05, 0.1) is 24.3 Å². The molecule has 0 saturated carbocycles. The number of likely N-dealkylation sites (N-methyl/N-ethyl adjacent to an activating group) is 1. The number of nitrogens with zero attached hydrogens (tertiary/aromatic N) is 2. The number of hydrogen-bond acceptors (Lipinski definition) is 7. The summed E-state index contributed by atoms with van der Waals surface area (Å²) in [7, 11) is 0. The fraction of sp³-hybridized carbons (Fsp3) is 0.346. The van der Waals surface area contributed by atoms with Gasteiger partial charge in [-0.2, -0.15) is 0 Å². The molecule has 1 heterocycles. The Morgan fingerprint density at radius 2 is 1.76 bits per heavy atom. The summed E-state index contributed by atoms with van der Waals surface area (Å²) in [4.78, 5) is 49.7. The number of hydrogen-bond donors (Lipinski definition) is 3. The van der Waals surface area contributed by atoms with Gasteiger partial charge < -0.3 is 30.1 Å². The predicted molar refractivity (Wildman–Crippen MR) is 137 cm³/mol. The number of nitrogen functional groups attached to an aromatic ring is 1. The molecule has 198 valence electrons. The third kappa shape index (κ3) is 8.34. The second-order valence-electron chi connectivity index (χ2n) is 8.02. The van der Waals surface area contributed by atoms with Crippen LogP contribution in [0.25, 0.3) is 0 Å². The van der Waals surface area contributed by atoms with E-state index in [0.29, 0.717) is 29.1 Å². The van der Waals surface area contributed by atoms with Crippen molar-refractivity contribution in [3.8, 4) is 5.75 Å². The third-order valence-electron chi connectivity index (χ3n) is 5.28. The number of esters is 1. The van der Waals surface area contributed by atoms with Crippen LogP contribution >= 0.6 is 0 Å². The fourth-order valence-corrected chi connectivity index (χ4v) is 3.57. The van der Waals surface area contributed by atoms with Gasteiger partial charge in [-0.25, -0.2) is 0 Å². The number of rotatable bonds is 9. The lowest BCUT2D eigenvalue weighted by molar-refractivity contribution is -0.143. The molecule has 0 unspecified atom stereocenters. The molecule has 1 aliphatic heterocycles. The zero-order chi connectivity index (χ0) is 27.5. The molecule has 0 saturated heterocycles. The van der Waals surface area contributed by atoms with Crippen molar-refractivity contribution in [3.05, 3.63) is 59.2 Å². The summed E-state index contributed by atoms with van der Waals surface area (Å²) in [5.74, 6) is -1.33. The maximum atomic E-state index is 13.2. The number of amides is 2. The summed E-state index contributed by atoms with van der Waals surface area (Å²) < 4.78 is 10.8. The molecule has 0 atom stereocenters. The van der Waals surface area contributed by atoms with E-state index in [9.17, 15) is 14.4 Å². The summed E-state index contributed by atoms with van der Waals surface area (Å²) >= 11 is 0. The smallest absolute Gasteiger partial charge is 0.307 e. The second-order valence-corrected chi connectivity index (χ2v) is 8.02. The minimum Gasteiger partial charge on any atom is -0.489 e. The van der Waals surface area contributed by atoms with Gasteiger partial charge in [0.25, 0.3) is 11.9 Å². The Hall–Kier alpha value is -4.41. The first-order chi connectivity index (χ1) is 17.6. The van der Waals surface area contributed by atoms with E-state index in [-0.39, 0.29) is 50.4 Å². The molecule has 2 amide bonds. The van der Waals surface area contributed by atoms with Crippen molar-refractivity contribution in [1.82, 2.24) is 4.90 Å². The molecule has 0 radical (unpaired) electrons. The summed E-state index contributed by atoms with van der Waals surface area (Å²) in [6.45, 7) is 5.55. The van der Waals surface area contributed by atoms with E-state index >= 15 is 0 Å². The van der Waals surface area contributed by atoms with Gasteiger partial charge in [-0.15, -0.1) is 0 Å². The second kappa shape index (κ2) is 13.6. The van der Waals surface area contributed by atoms with Crippen LogP contribution in [0.5, 0.6) is 5.75 Å². The molecule has 3 rings (SSSR count). The molecule has 2 aromatic carbocycles. The maximum absolute atomic E-state index is 13.2. The van der Waals surface area contributed by atoms with E-state index in [1.807, 2.05) is 19.1 Å². The van der Waals surface area contributed by atoms with E-state index in [2.05, 4.69) is 0 Å². The van der Waals surface area contributed by atoms with Crippen LogP contribution in [0.15, 0.2) is 42.5 Å². The summed E-state index contributed by atoms with van der Waals surface area (Å²) in [6, 6.07) is 12.2. The molecule has 0 aromatic heterocycles. The number of benzene rings is 2. The van der Waals surface area contributed by atoms with E-state index in [4.69, 9.17) is 30.5 Å². The van der Waals surface area contributed by atoms with Gasteiger partial charge in [0.2, 0.25) is 5.91 Å². The fourth-order valence-electron chi connectivity index (χ4n) is 3.57. The number of carbonyl (C=O) groups excluding carboxylic acids is 3. The lowest BCUT2D eigenvalue weighted by Crippen LogP contribution is -2.40. The van der Waals surface area contributed by atoms with E-state index in [0.717, 1.165) is 12.5 Å². The van der Waals surface area contributed by atoms with Crippen LogP contribution in [0.2, 0.25) is 0 Å². The quantitative estimate of drug-likeness (QED) is 0.262. The van der Waals surface area contributed by atoms with Gasteiger partial charge in [-0.05, 0) is 37.6 Å². The molecule has 11 nitrogen and oxygen atoms in total. The number of carboxylic acids is 1. The predicted octanol–water partition coefficient (Wildman–Crippen LogP) is 2.40. The minimum absolute atomic E-state index is 0.00531. The number of carboxylic acid groups (broad SMARTS) is 1. The summed E-state index contributed by atoms with van der Waals surface area (Å²) in [5.41, 5.74) is 7.84. The van der Waals surface area contributed by atoms with Crippen molar-refractivity contribution in [2.45, 2.75) is 33.8 Å². The average molecular weight is 513 g/mol. The molecule has 0 spiro atoms. The van der Waals surface area contributed by atoms with Gasteiger partial charge in [0.1, 0.15) is 24.7 Å². The van der Waals surface area contributed by atoms with Crippen LogP contribution in [-0.4, -0.2) is 65.8 Å². The highest BCUT2D eigenvalue weighted by Gasteiger charge is 2.31. The summed E-state index contributed by atoms with van der Waals surface area (Å²) in [6.07, 6.45) is 0.0147. The van der Waals surface area contributed by atoms with Crippen molar-refractivity contribution in [2.24, 2.45) is 5.73 Å². The van der Waals surface area contributed by atoms with Crippen molar-refractivity contribution >= 4 is 35.3 Å². The van der Waals surface area contributed by atoms with Crippen molar-refractivity contribution in [3.63, 3.8) is 0 Å². The number of amidine groups is 1. The van der Waals surface area contributed by atoms with Crippen molar-refractivity contribution < 1.29 is 33.8 Å². The van der Waals surface area contributed by atoms with Crippen LogP contribution in [0, 0.1) is 5.41 Å². The first kappa shape index (κ1) is 28.8. The highest BCUT2D eigenvalue weighted by atomic mass is 16.5. The molecular weight excluding hydrogens is 480 g/mol. The summed E-state index contributed by atoms with van der Waals surface area (Å²) in [5, 5.41) is 14.9. The van der Waals surface area contributed by atoms with Gasteiger partial charge in [0, 0.05) is 25.6 Å². The number of carbonyl (C=O) groups is 4. The number of aliphatic carboxylic acids is 1. The third-order valence-corrected chi connectivity index (χ3v) is 5.28. The van der Waals surface area contributed by atoms with Gasteiger partial charge >= 0.3 is 5.97 Å². The molecular formula is C26H32N4O7. The number of nitrogens with one attached hydrogen (secondary N) is 1. The van der Waals surface area contributed by atoms with E-state index in [1.54, 1.807) is 42.2 Å². The normalized spacial score (nSPS) is 12.6. The largest absolute Gasteiger partial charge is 0.489 e. The lowest BCUT2D eigenvalue weighted by atomic mass is 10.1. The number of ether oxygens (including phenoxy) is 2. The standard InChI is InChI=1S/C24H28N4O5.C2H4O2/c1-3-28-20-10-9-18(33-15-16-5-7-17(8-6-16)23(25)26)13-19(20)24(31)27(14-21(28)29)12-11-22(30)32-4-2;1-2(3)4/h5-10,13H,3-4,11-12,14-15H2,1-2H3,(H3,25,26);1H3,(H,3,4). The number of nitrogens with two attached hydrogens (primary N) is 1. The van der Waals surface area contributed by atoms with Crippen LogP contribution < -0.4 is 15.4 Å². The van der Waals surface area contributed by atoms with E-state index in [1.165, 1.54) is 4.90 Å². The first-order valence-electron chi connectivity index (χ1n) is 11.7. The van der Waals surface area contributed by atoms with Crippen LogP contribution in [-0.2, 0) is 25.7 Å². The van der Waals surface area contributed by atoms with Gasteiger partial charge in [0.15, 0.2) is 0 Å². The Balaban J connectivity index is 0.00000112. The van der Waals surface area contributed by atoms with Crippen molar-refractivity contribution in [1.29, 1.82) is 5.41 Å². The highest BCUT2D eigenvalue weighted by Crippen LogP contribution is 2.30.